The molecule has 0 aliphatic rings. The molecule has 1 N–H and O–H groups in total. The number of halogens is 3. The van der Waals surface area contributed by atoms with Crippen molar-refractivity contribution in [3.05, 3.63) is 48.4 Å². The van der Waals surface area contributed by atoms with Crippen LogP contribution in [0.25, 0.3) is 0 Å². The van der Waals surface area contributed by atoms with Gasteiger partial charge in [0.05, 0.1) is 12.5 Å². The molecular weight excluding hydrogens is 287 g/mol. The number of benzene rings is 1. The fourth-order valence-corrected chi connectivity index (χ4v) is 1.64. The van der Waals surface area contributed by atoms with Crippen molar-refractivity contribution in [1.82, 2.24) is 5.32 Å². The highest BCUT2D eigenvalue weighted by molar-refractivity contribution is 5.39. The molecule has 4 nitrogen and oxygen atoms in total. The maximum atomic E-state index is 12.2. The van der Waals surface area contributed by atoms with Gasteiger partial charge in [-0.1, -0.05) is 12.1 Å². The molecule has 2 aromatic rings. The van der Waals surface area contributed by atoms with Crippen molar-refractivity contribution in [2.75, 3.05) is 13.2 Å². The monoisotopic (exact) mass is 301 g/mol. The van der Waals surface area contributed by atoms with E-state index in [9.17, 15) is 13.2 Å². The standard InChI is InChI=1S/C14H14F3NO3/c15-14(16,17)21-13-4-2-1-3-12(13)20-8-6-18-9-11-5-7-19-10-11/h1-5,7,10,18H,6,8-9H2. The molecule has 0 atom stereocenters. The molecular formula is C14H14F3NO3. The molecule has 0 radical (unpaired) electrons. The van der Waals surface area contributed by atoms with Gasteiger partial charge in [-0.3, -0.25) is 0 Å². The van der Waals surface area contributed by atoms with Crippen LogP contribution in [0.5, 0.6) is 11.5 Å². The number of alkyl halides is 3. The highest BCUT2D eigenvalue weighted by Crippen LogP contribution is 2.31. The fourth-order valence-electron chi connectivity index (χ4n) is 1.64. The largest absolute Gasteiger partial charge is 0.573 e. The van der Waals surface area contributed by atoms with Gasteiger partial charge >= 0.3 is 6.36 Å². The van der Waals surface area contributed by atoms with Crippen LogP contribution < -0.4 is 14.8 Å². The molecule has 0 bridgehead atoms. The Morgan fingerprint density at radius 2 is 1.86 bits per heavy atom. The predicted octanol–water partition coefficient (Wildman–Crippen LogP) is 3.35. The van der Waals surface area contributed by atoms with E-state index in [1.54, 1.807) is 18.6 Å². The first kappa shape index (κ1) is 15.2. The van der Waals surface area contributed by atoms with E-state index < -0.39 is 6.36 Å². The molecule has 0 spiro atoms. The van der Waals surface area contributed by atoms with E-state index in [4.69, 9.17) is 9.15 Å². The van der Waals surface area contributed by atoms with Gasteiger partial charge in [-0.2, -0.15) is 0 Å². The normalized spacial score (nSPS) is 11.4. The third kappa shape index (κ3) is 5.39. The van der Waals surface area contributed by atoms with E-state index in [0.717, 1.165) is 5.56 Å². The number of para-hydroxylation sites is 2. The minimum Gasteiger partial charge on any atom is -0.488 e. The summed E-state index contributed by atoms with van der Waals surface area (Å²) in [6.07, 6.45) is -1.56. The Morgan fingerprint density at radius 3 is 2.52 bits per heavy atom. The van der Waals surface area contributed by atoms with Gasteiger partial charge in [0.25, 0.3) is 0 Å². The molecule has 1 aromatic heterocycles. The molecule has 2 rings (SSSR count). The Kier molecular flexibility index (Phi) is 5.10. The molecule has 0 aliphatic carbocycles. The molecule has 0 aliphatic heterocycles. The van der Waals surface area contributed by atoms with Crippen molar-refractivity contribution in [2.24, 2.45) is 0 Å². The molecule has 0 saturated carbocycles. The summed E-state index contributed by atoms with van der Waals surface area (Å²) in [5, 5.41) is 3.08. The maximum absolute atomic E-state index is 12.2. The van der Waals surface area contributed by atoms with Gasteiger partial charge in [0.15, 0.2) is 11.5 Å². The van der Waals surface area contributed by atoms with Crippen molar-refractivity contribution in [2.45, 2.75) is 12.9 Å². The van der Waals surface area contributed by atoms with Crippen LogP contribution >= 0.6 is 0 Å². The van der Waals surface area contributed by atoms with Crippen LogP contribution in [0.1, 0.15) is 5.56 Å². The molecule has 7 heteroatoms. The zero-order valence-corrected chi connectivity index (χ0v) is 11.0. The molecule has 0 fully saturated rings. The van der Waals surface area contributed by atoms with Crippen LogP contribution in [0.2, 0.25) is 0 Å². The Morgan fingerprint density at radius 1 is 1.10 bits per heavy atom. The second-order valence-corrected chi connectivity index (χ2v) is 4.15. The van der Waals surface area contributed by atoms with Crippen molar-refractivity contribution in [3.63, 3.8) is 0 Å². The minimum absolute atomic E-state index is 0.0555. The Labute approximate surface area is 119 Å². The van der Waals surface area contributed by atoms with Gasteiger partial charge in [0.2, 0.25) is 0 Å². The van der Waals surface area contributed by atoms with Crippen LogP contribution in [0, 0.1) is 0 Å². The second-order valence-electron chi connectivity index (χ2n) is 4.15. The first-order valence-corrected chi connectivity index (χ1v) is 6.24. The van der Waals surface area contributed by atoms with Gasteiger partial charge in [-0.15, -0.1) is 13.2 Å². The first-order chi connectivity index (χ1) is 10.0. The molecule has 0 saturated heterocycles. The van der Waals surface area contributed by atoms with Gasteiger partial charge in [-0.05, 0) is 18.2 Å². The average molecular weight is 301 g/mol. The maximum Gasteiger partial charge on any atom is 0.573 e. The summed E-state index contributed by atoms with van der Waals surface area (Å²) in [6, 6.07) is 7.49. The Bertz CT molecular complexity index is 541. The molecule has 0 amide bonds. The second kappa shape index (κ2) is 7.03. The van der Waals surface area contributed by atoms with E-state index in [1.165, 1.54) is 18.2 Å². The van der Waals surface area contributed by atoms with Crippen molar-refractivity contribution < 1.29 is 27.1 Å². The number of furan rings is 1. The van der Waals surface area contributed by atoms with E-state index in [0.29, 0.717) is 13.1 Å². The Hall–Kier alpha value is -2.15. The van der Waals surface area contributed by atoms with Crippen LogP contribution in [-0.4, -0.2) is 19.5 Å². The molecule has 0 unspecified atom stereocenters. The lowest BCUT2D eigenvalue weighted by Crippen LogP contribution is -2.21. The lowest BCUT2D eigenvalue weighted by molar-refractivity contribution is -0.275. The summed E-state index contributed by atoms with van der Waals surface area (Å²) < 4.78 is 50.8. The average Bonchev–Trinajstić information content (AvgIpc) is 2.91. The van der Waals surface area contributed by atoms with E-state index >= 15 is 0 Å². The smallest absolute Gasteiger partial charge is 0.488 e. The summed E-state index contributed by atoms with van der Waals surface area (Å²) >= 11 is 0. The van der Waals surface area contributed by atoms with Gasteiger partial charge in [0, 0.05) is 18.7 Å². The third-order valence-electron chi connectivity index (χ3n) is 2.52. The summed E-state index contributed by atoms with van der Waals surface area (Å²) in [5.74, 6) is -0.292. The molecule has 1 aromatic carbocycles. The number of nitrogens with one attached hydrogen (secondary N) is 1. The highest BCUT2D eigenvalue weighted by atomic mass is 19.4. The summed E-state index contributed by atoms with van der Waals surface area (Å²) in [6.45, 7) is 1.29. The van der Waals surface area contributed by atoms with Crippen LogP contribution in [0.3, 0.4) is 0 Å². The van der Waals surface area contributed by atoms with Crippen molar-refractivity contribution >= 4 is 0 Å². The predicted molar refractivity (Wildman–Crippen MR) is 69.0 cm³/mol. The molecule has 114 valence electrons. The zero-order chi connectivity index (χ0) is 15.1. The van der Waals surface area contributed by atoms with E-state index in [1.807, 2.05) is 6.07 Å². The van der Waals surface area contributed by atoms with Gasteiger partial charge in [-0.25, -0.2) is 0 Å². The highest BCUT2D eigenvalue weighted by Gasteiger charge is 2.32. The van der Waals surface area contributed by atoms with E-state index in [-0.39, 0.29) is 18.1 Å². The van der Waals surface area contributed by atoms with Gasteiger partial charge < -0.3 is 19.2 Å². The van der Waals surface area contributed by atoms with Crippen molar-refractivity contribution in [1.29, 1.82) is 0 Å². The SMILES string of the molecule is FC(F)(F)Oc1ccccc1OCCNCc1ccoc1. The summed E-state index contributed by atoms with van der Waals surface area (Å²) in [4.78, 5) is 0. The zero-order valence-electron chi connectivity index (χ0n) is 11.0. The summed E-state index contributed by atoms with van der Waals surface area (Å²) in [5.41, 5.74) is 0.982. The lowest BCUT2D eigenvalue weighted by Gasteiger charge is -2.14. The van der Waals surface area contributed by atoms with Gasteiger partial charge in [0.1, 0.15) is 6.61 Å². The first-order valence-electron chi connectivity index (χ1n) is 6.24. The third-order valence-corrected chi connectivity index (χ3v) is 2.52. The van der Waals surface area contributed by atoms with Crippen LogP contribution in [0.15, 0.2) is 47.3 Å². The Balaban J connectivity index is 1.77. The topological polar surface area (TPSA) is 43.6 Å². The number of rotatable bonds is 7. The number of hydrogen-bond acceptors (Lipinski definition) is 4. The number of hydrogen-bond donors (Lipinski definition) is 1. The molecule has 1 heterocycles. The fraction of sp³-hybridized carbons (Fsp3) is 0.286. The minimum atomic E-state index is -4.74. The summed E-state index contributed by atoms with van der Waals surface area (Å²) in [7, 11) is 0. The number of ether oxygens (including phenoxy) is 2. The van der Waals surface area contributed by atoms with Crippen molar-refractivity contribution in [3.8, 4) is 11.5 Å². The lowest BCUT2D eigenvalue weighted by atomic mass is 10.3. The van der Waals surface area contributed by atoms with Crippen LogP contribution in [-0.2, 0) is 6.54 Å². The quantitative estimate of drug-likeness (QED) is 0.797. The van der Waals surface area contributed by atoms with E-state index in [2.05, 4.69) is 10.1 Å². The molecule has 21 heavy (non-hydrogen) atoms. The van der Waals surface area contributed by atoms with Crippen LogP contribution in [0.4, 0.5) is 13.2 Å².